The number of carbonyl (C=O) groups is 1. The SMILES string of the molecule is Cc1cc(C#N)ccc1Cn1nc(C)c(CC(=O)O)c1C. The Labute approximate surface area is 123 Å². The van der Waals surface area contributed by atoms with E-state index in [1.165, 1.54) is 0 Å². The molecule has 21 heavy (non-hydrogen) atoms. The van der Waals surface area contributed by atoms with Gasteiger partial charge in [0.1, 0.15) is 0 Å². The third kappa shape index (κ3) is 3.11. The largest absolute Gasteiger partial charge is 0.481 e. The van der Waals surface area contributed by atoms with Crippen molar-refractivity contribution in [1.82, 2.24) is 9.78 Å². The molecule has 0 fully saturated rings. The van der Waals surface area contributed by atoms with Crippen LogP contribution in [-0.4, -0.2) is 20.9 Å². The van der Waals surface area contributed by atoms with Gasteiger partial charge in [0.05, 0.1) is 30.3 Å². The van der Waals surface area contributed by atoms with Gasteiger partial charge in [0.2, 0.25) is 0 Å². The number of nitriles is 1. The van der Waals surface area contributed by atoms with Crippen molar-refractivity contribution in [2.75, 3.05) is 0 Å². The van der Waals surface area contributed by atoms with Gasteiger partial charge >= 0.3 is 5.97 Å². The first-order valence-electron chi connectivity index (χ1n) is 6.66. The lowest BCUT2D eigenvalue weighted by Crippen LogP contribution is -2.07. The zero-order valence-electron chi connectivity index (χ0n) is 12.3. The summed E-state index contributed by atoms with van der Waals surface area (Å²) in [5, 5.41) is 22.3. The van der Waals surface area contributed by atoms with Gasteiger partial charge in [-0.15, -0.1) is 0 Å². The summed E-state index contributed by atoms with van der Waals surface area (Å²) in [6, 6.07) is 7.67. The Balaban J connectivity index is 2.32. The lowest BCUT2D eigenvalue weighted by Gasteiger charge is -2.08. The van der Waals surface area contributed by atoms with Crippen molar-refractivity contribution < 1.29 is 9.90 Å². The van der Waals surface area contributed by atoms with E-state index in [0.717, 1.165) is 28.1 Å². The van der Waals surface area contributed by atoms with Crippen LogP contribution < -0.4 is 0 Å². The van der Waals surface area contributed by atoms with Gasteiger partial charge in [-0.3, -0.25) is 9.48 Å². The molecule has 5 heteroatoms. The predicted octanol–water partition coefficient (Wildman–Crippen LogP) is 2.36. The van der Waals surface area contributed by atoms with Crippen molar-refractivity contribution in [3.63, 3.8) is 0 Å². The number of benzene rings is 1. The number of hydrogen-bond acceptors (Lipinski definition) is 3. The lowest BCUT2D eigenvalue weighted by atomic mass is 10.1. The van der Waals surface area contributed by atoms with Crippen LogP contribution in [0.15, 0.2) is 18.2 Å². The molecule has 0 saturated carbocycles. The quantitative estimate of drug-likeness (QED) is 0.934. The van der Waals surface area contributed by atoms with Crippen LogP contribution in [0, 0.1) is 32.1 Å². The zero-order chi connectivity index (χ0) is 15.6. The number of carboxylic acids is 1. The molecule has 0 unspecified atom stereocenters. The van der Waals surface area contributed by atoms with E-state index in [-0.39, 0.29) is 6.42 Å². The summed E-state index contributed by atoms with van der Waals surface area (Å²) < 4.78 is 1.82. The molecule has 108 valence electrons. The number of hydrogen-bond donors (Lipinski definition) is 1. The Morgan fingerprint density at radius 2 is 2.10 bits per heavy atom. The molecule has 0 atom stereocenters. The Kier molecular flexibility index (Phi) is 4.08. The molecule has 0 saturated heterocycles. The van der Waals surface area contributed by atoms with Crippen LogP contribution in [0.25, 0.3) is 0 Å². The monoisotopic (exact) mass is 283 g/mol. The van der Waals surface area contributed by atoms with Crippen LogP contribution in [0.5, 0.6) is 0 Å². The predicted molar refractivity (Wildman–Crippen MR) is 78.0 cm³/mol. The number of rotatable bonds is 4. The van der Waals surface area contributed by atoms with E-state index in [2.05, 4.69) is 11.2 Å². The van der Waals surface area contributed by atoms with Crippen LogP contribution in [0.3, 0.4) is 0 Å². The second kappa shape index (κ2) is 5.80. The molecule has 2 rings (SSSR count). The highest BCUT2D eigenvalue weighted by Gasteiger charge is 2.15. The fourth-order valence-corrected chi connectivity index (χ4v) is 2.40. The van der Waals surface area contributed by atoms with Gasteiger partial charge in [0.25, 0.3) is 0 Å². The minimum absolute atomic E-state index is 0.00990. The summed E-state index contributed by atoms with van der Waals surface area (Å²) in [5.74, 6) is -0.852. The Morgan fingerprint density at radius 3 is 2.67 bits per heavy atom. The average molecular weight is 283 g/mol. The number of nitrogens with zero attached hydrogens (tertiary/aromatic N) is 3. The molecular formula is C16H17N3O2. The molecule has 0 spiro atoms. The summed E-state index contributed by atoms with van der Waals surface area (Å²) in [5.41, 5.74) is 5.13. The molecule has 0 aliphatic carbocycles. The molecule has 1 aromatic carbocycles. The standard InChI is InChI=1S/C16H17N3O2/c1-10-6-13(8-17)4-5-14(10)9-19-12(3)15(7-16(20)21)11(2)18-19/h4-6H,7,9H2,1-3H3,(H,20,21). The highest BCUT2D eigenvalue weighted by Crippen LogP contribution is 2.17. The van der Waals surface area contributed by atoms with Crippen LogP contribution in [0.4, 0.5) is 0 Å². The molecular weight excluding hydrogens is 266 g/mol. The Hall–Kier alpha value is -2.61. The van der Waals surface area contributed by atoms with Gasteiger partial charge in [-0.2, -0.15) is 10.4 Å². The van der Waals surface area contributed by atoms with Crippen molar-refractivity contribution in [3.05, 3.63) is 51.8 Å². The molecule has 1 N–H and O–H groups in total. The van der Waals surface area contributed by atoms with Gasteiger partial charge in [-0.25, -0.2) is 0 Å². The molecule has 0 amide bonds. The van der Waals surface area contributed by atoms with Crippen molar-refractivity contribution in [1.29, 1.82) is 5.26 Å². The molecule has 0 aliphatic rings. The van der Waals surface area contributed by atoms with E-state index in [4.69, 9.17) is 10.4 Å². The van der Waals surface area contributed by atoms with Crippen molar-refractivity contribution >= 4 is 5.97 Å². The van der Waals surface area contributed by atoms with E-state index in [0.29, 0.717) is 12.1 Å². The van der Waals surface area contributed by atoms with Gasteiger partial charge in [0, 0.05) is 11.3 Å². The van der Waals surface area contributed by atoms with Crippen molar-refractivity contribution in [2.45, 2.75) is 33.7 Å². The van der Waals surface area contributed by atoms with E-state index in [1.807, 2.05) is 37.6 Å². The molecule has 1 heterocycles. The molecule has 2 aromatic rings. The minimum Gasteiger partial charge on any atom is -0.481 e. The first kappa shape index (κ1) is 14.8. The molecule has 5 nitrogen and oxygen atoms in total. The molecule has 0 bridgehead atoms. The fourth-order valence-electron chi connectivity index (χ4n) is 2.40. The van der Waals surface area contributed by atoms with E-state index < -0.39 is 5.97 Å². The first-order chi connectivity index (χ1) is 9.92. The average Bonchev–Trinajstić information content (AvgIpc) is 2.68. The van der Waals surface area contributed by atoms with E-state index >= 15 is 0 Å². The highest BCUT2D eigenvalue weighted by atomic mass is 16.4. The minimum atomic E-state index is -0.852. The van der Waals surface area contributed by atoms with Crippen molar-refractivity contribution in [3.8, 4) is 6.07 Å². The number of aliphatic carboxylic acids is 1. The third-order valence-corrected chi connectivity index (χ3v) is 3.65. The van der Waals surface area contributed by atoms with E-state index in [9.17, 15) is 4.79 Å². The number of carboxylic acid groups (broad SMARTS) is 1. The van der Waals surface area contributed by atoms with Crippen LogP contribution in [-0.2, 0) is 17.8 Å². The number of aryl methyl sites for hydroxylation is 2. The summed E-state index contributed by atoms with van der Waals surface area (Å²) >= 11 is 0. The van der Waals surface area contributed by atoms with E-state index in [1.54, 1.807) is 6.07 Å². The van der Waals surface area contributed by atoms with Gasteiger partial charge in [0.15, 0.2) is 0 Å². The zero-order valence-corrected chi connectivity index (χ0v) is 12.3. The fraction of sp³-hybridized carbons (Fsp3) is 0.312. The highest BCUT2D eigenvalue weighted by molar-refractivity contribution is 5.70. The van der Waals surface area contributed by atoms with Crippen LogP contribution in [0.2, 0.25) is 0 Å². The van der Waals surface area contributed by atoms with Gasteiger partial charge in [-0.1, -0.05) is 6.07 Å². The van der Waals surface area contributed by atoms with Crippen LogP contribution >= 0.6 is 0 Å². The van der Waals surface area contributed by atoms with Gasteiger partial charge in [-0.05, 0) is 44.0 Å². The normalized spacial score (nSPS) is 10.4. The number of aromatic nitrogens is 2. The molecule has 1 aromatic heterocycles. The Bertz CT molecular complexity index is 739. The van der Waals surface area contributed by atoms with Crippen molar-refractivity contribution in [2.24, 2.45) is 0 Å². The molecule has 0 radical (unpaired) electrons. The maximum absolute atomic E-state index is 10.9. The maximum Gasteiger partial charge on any atom is 0.307 e. The third-order valence-electron chi connectivity index (χ3n) is 3.65. The summed E-state index contributed by atoms with van der Waals surface area (Å²) in [6.07, 6.45) is -0.00990. The summed E-state index contributed by atoms with van der Waals surface area (Å²) in [6.45, 7) is 6.24. The van der Waals surface area contributed by atoms with Gasteiger partial charge < -0.3 is 5.11 Å². The molecule has 0 aliphatic heterocycles. The maximum atomic E-state index is 10.9. The lowest BCUT2D eigenvalue weighted by molar-refractivity contribution is -0.136. The topological polar surface area (TPSA) is 78.9 Å². The second-order valence-electron chi connectivity index (χ2n) is 5.13. The Morgan fingerprint density at radius 1 is 1.38 bits per heavy atom. The first-order valence-corrected chi connectivity index (χ1v) is 6.66. The summed E-state index contributed by atoms with van der Waals surface area (Å²) in [4.78, 5) is 10.9. The summed E-state index contributed by atoms with van der Waals surface area (Å²) in [7, 11) is 0. The smallest absolute Gasteiger partial charge is 0.307 e. The second-order valence-corrected chi connectivity index (χ2v) is 5.13. The van der Waals surface area contributed by atoms with Crippen LogP contribution in [0.1, 0.15) is 33.6 Å².